The highest BCUT2D eigenvalue weighted by molar-refractivity contribution is 6.30. The summed E-state index contributed by atoms with van der Waals surface area (Å²) in [7, 11) is 0. The molecular weight excluding hydrogens is 234 g/mol. The van der Waals surface area contributed by atoms with Crippen LogP contribution in [-0.2, 0) is 0 Å². The van der Waals surface area contributed by atoms with Crippen LogP contribution in [0.5, 0.6) is 0 Å². The number of nitrogens with one attached hydrogen (secondary N) is 1. The lowest BCUT2D eigenvalue weighted by Gasteiger charge is -2.41. The number of rotatable bonds is 4. The molecule has 0 unspecified atom stereocenters. The van der Waals surface area contributed by atoms with E-state index in [9.17, 15) is 0 Å². The predicted octanol–water partition coefficient (Wildman–Crippen LogP) is 3.74. The van der Waals surface area contributed by atoms with Crippen LogP contribution in [0, 0.1) is 19.3 Å². The molecule has 1 aliphatic carbocycles. The van der Waals surface area contributed by atoms with Gasteiger partial charge in [-0.15, -0.1) is 10.2 Å². The van der Waals surface area contributed by atoms with Gasteiger partial charge in [-0.05, 0) is 49.7 Å². The molecule has 1 aliphatic rings. The van der Waals surface area contributed by atoms with Gasteiger partial charge in [0.15, 0.2) is 11.0 Å². The Balaban J connectivity index is 2.07. The fourth-order valence-corrected chi connectivity index (χ4v) is 2.53. The zero-order valence-corrected chi connectivity index (χ0v) is 11.6. The van der Waals surface area contributed by atoms with Crippen molar-refractivity contribution in [1.82, 2.24) is 10.2 Å². The van der Waals surface area contributed by atoms with E-state index in [0.717, 1.165) is 23.5 Å². The molecule has 1 heterocycles. The van der Waals surface area contributed by atoms with Gasteiger partial charge in [0.05, 0.1) is 0 Å². The van der Waals surface area contributed by atoms with Crippen molar-refractivity contribution < 1.29 is 0 Å². The molecule has 0 bridgehead atoms. The van der Waals surface area contributed by atoms with Crippen molar-refractivity contribution in [2.75, 3.05) is 11.9 Å². The zero-order valence-electron chi connectivity index (χ0n) is 10.8. The average Bonchev–Trinajstić information content (AvgIpc) is 2.28. The number of hydrogen-bond acceptors (Lipinski definition) is 3. The van der Waals surface area contributed by atoms with Crippen molar-refractivity contribution in [3.8, 4) is 0 Å². The van der Waals surface area contributed by atoms with E-state index in [2.05, 4.69) is 22.4 Å². The fraction of sp³-hybridized carbons (Fsp3) is 0.692. The highest BCUT2D eigenvalue weighted by Crippen LogP contribution is 2.43. The van der Waals surface area contributed by atoms with E-state index < -0.39 is 0 Å². The van der Waals surface area contributed by atoms with E-state index in [1.807, 2.05) is 13.8 Å². The average molecular weight is 254 g/mol. The minimum atomic E-state index is 0.488. The van der Waals surface area contributed by atoms with E-state index in [0.29, 0.717) is 10.6 Å². The zero-order chi connectivity index (χ0) is 12.5. The van der Waals surface area contributed by atoms with Crippen molar-refractivity contribution >= 4 is 17.4 Å². The largest absolute Gasteiger partial charge is 0.368 e. The molecular formula is C13H20ClN3. The molecule has 0 aromatic carbocycles. The van der Waals surface area contributed by atoms with Crippen LogP contribution in [0.4, 0.5) is 5.82 Å². The van der Waals surface area contributed by atoms with Crippen LogP contribution in [-0.4, -0.2) is 16.7 Å². The minimum Gasteiger partial charge on any atom is -0.368 e. The fourth-order valence-electron chi connectivity index (χ4n) is 2.35. The van der Waals surface area contributed by atoms with Crippen molar-refractivity contribution in [1.29, 1.82) is 0 Å². The summed E-state index contributed by atoms with van der Waals surface area (Å²) in [6.45, 7) is 7.29. The van der Waals surface area contributed by atoms with E-state index in [1.165, 1.54) is 25.7 Å². The Morgan fingerprint density at radius 1 is 1.24 bits per heavy atom. The van der Waals surface area contributed by atoms with Crippen molar-refractivity contribution in [2.24, 2.45) is 5.41 Å². The lowest BCUT2D eigenvalue weighted by atomic mass is 9.67. The molecule has 0 amide bonds. The molecule has 0 spiro atoms. The first-order chi connectivity index (χ1) is 8.08. The summed E-state index contributed by atoms with van der Waals surface area (Å²) in [5.74, 6) is 0.881. The van der Waals surface area contributed by atoms with Crippen molar-refractivity contribution in [3.05, 3.63) is 16.3 Å². The summed E-state index contributed by atoms with van der Waals surface area (Å²) in [5, 5.41) is 12.0. The van der Waals surface area contributed by atoms with E-state index in [-0.39, 0.29) is 0 Å². The molecule has 4 heteroatoms. The van der Waals surface area contributed by atoms with Crippen LogP contribution in [0.15, 0.2) is 0 Å². The van der Waals surface area contributed by atoms with Gasteiger partial charge < -0.3 is 5.32 Å². The third kappa shape index (κ3) is 2.39. The summed E-state index contributed by atoms with van der Waals surface area (Å²) in [6.07, 6.45) is 5.25. The van der Waals surface area contributed by atoms with E-state index >= 15 is 0 Å². The Bertz CT molecular complexity index is 408. The predicted molar refractivity (Wildman–Crippen MR) is 71.6 cm³/mol. The monoisotopic (exact) mass is 253 g/mol. The van der Waals surface area contributed by atoms with Crippen LogP contribution >= 0.6 is 11.6 Å². The minimum absolute atomic E-state index is 0.488. The Hall–Kier alpha value is -0.830. The molecule has 1 N–H and O–H groups in total. The van der Waals surface area contributed by atoms with Crippen LogP contribution in [0.2, 0.25) is 5.15 Å². The highest BCUT2D eigenvalue weighted by atomic mass is 35.5. The molecule has 1 saturated carbocycles. The summed E-state index contributed by atoms with van der Waals surface area (Å²) in [5.41, 5.74) is 2.61. The molecule has 0 aliphatic heterocycles. The third-order valence-electron chi connectivity index (χ3n) is 4.26. The molecule has 1 aromatic rings. The molecule has 0 radical (unpaired) electrons. The quantitative estimate of drug-likeness (QED) is 0.888. The van der Waals surface area contributed by atoms with Gasteiger partial charge in [0.1, 0.15) is 0 Å². The van der Waals surface area contributed by atoms with Gasteiger partial charge in [-0.3, -0.25) is 0 Å². The van der Waals surface area contributed by atoms with Crippen LogP contribution in [0.25, 0.3) is 0 Å². The summed E-state index contributed by atoms with van der Waals surface area (Å²) in [6, 6.07) is 0. The lowest BCUT2D eigenvalue weighted by Crippen LogP contribution is -2.36. The Labute approximate surface area is 108 Å². The second-order valence-electron chi connectivity index (χ2n) is 5.15. The standard InChI is InChI=1S/C13H20ClN3/c1-4-13(6-5-7-13)8-15-12-10(3)9(2)11(14)16-17-12/h4-8H2,1-3H3,(H,15,17). The second kappa shape index (κ2) is 4.81. The van der Waals surface area contributed by atoms with Crippen LogP contribution in [0.3, 0.4) is 0 Å². The smallest absolute Gasteiger partial charge is 0.155 e. The molecule has 1 fully saturated rings. The van der Waals surface area contributed by atoms with Crippen molar-refractivity contribution in [3.63, 3.8) is 0 Å². The van der Waals surface area contributed by atoms with Gasteiger partial charge in [0.2, 0.25) is 0 Å². The number of hydrogen-bond donors (Lipinski definition) is 1. The van der Waals surface area contributed by atoms with Crippen molar-refractivity contribution in [2.45, 2.75) is 46.5 Å². The summed E-state index contributed by atoms with van der Waals surface area (Å²) < 4.78 is 0. The second-order valence-corrected chi connectivity index (χ2v) is 5.51. The normalized spacial score (nSPS) is 17.6. The first kappa shape index (κ1) is 12.6. The van der Waals surface area contributed by atoms with Gasteiger partial charge >= 0.3 is 0 Å². The van der Waals surface area contributed by atoms with Gasteiger partial charge in [0, 0.05) is 6.54 Å². The Kier molecular flexibility index (Phi) is 3.57. The summed E-state index contributed by atoms with van der Waals surface area (Å²) >= 11 is 5.94. The molecule has 3 nitrogen and oxygen atoms in total. The number of nitrogens with zero attached hydrogens (tertiary/aromatic N) is 2. The third-order valence-corrected chi connectivity index (χ3v) is 4.62. The maximum atomic E-state index is 5.94. The SMILES string of the molecule is CCC1(CNc2nnc(Cl)c(C)c2C)CCC1. The van der Waals surface area contributed by atoms with Crippen LogP contribution in [0.1, 0.15) is 43.7 Å². The van der Waals surface area contributed by atoms with E-state index in [1.54, 1.807) is 0 Å². The van der Waals surface area contributed by atoms with Crippen LogP contribution < -0.4 is 5.32 Å². The molecule has 17 heavy (non-hydrogen) atoms. The highest BCUT2D eigenvalue weighted by Gasteiger charge is 2.34. The maximum absolute atomic E-state index is 5.94. The van der Waals surface area contributed by atoms with Gasteiger partial charge in [-0.1, -0.05) is 24.9 Å². The number of anilines is 1. The first-order valence-electron chi connectivity index (χ1n) is 6.31. The lowest BCUT2D eigenvalue weighted by molar-refractivity contribution is 0.145. The van der Waals surface area contributed by atoms with Gasteiger partial charge in [0.25, 0.3) is 0 Å². The molecule has 2 rings (SSSR count). The van der Waals surface area contributed by atoms with Gasteiger partial charge in [-0.25, -0.2) is 0 Å². The molecule has 0 saturated heterocycles. The topological polar surface area (TPSA) is 37.8 Å². The molecule has 94 valence electrons. The number of halogens is 1. The maximum Gasteiger partial charge on any atom is 0.155 e. The molecule has 0 atom stereocenters. The van der Waals surface area contributed by atoms with Gasteiger partial charge in [-0.2, -0.15) is 0 Å². The Morgan fingerprint density at radius 3 is 2.47 bits per heavy atom. The number of aromatic nitrogens is 2. The first-order valence-corrected chi connectivity index (χ1v) is 6.69. The summed E-state index contributed by atoms with van der Waals surface area (Å²) in [4.78, 5) is 0. The Morgan fingerprint density at radius 2 is 1.94 bits per heavy atom. The van der Waals surface area contributed by atoms with E-state index in [4.69, 9.17) is 11.6 Å². The molecule has 1 aromatic heterocycles.